The second-order valence-corrected chi connectivity index (χ2v) is 2.47. The van der Waals surface area contributed by atoms with E-state index < -0.39 is 11.5 Å². The second kappa shape index (κ2) is 2.84. The lowest BCUT2D eigenvalue weighted by atomic mass is 10.2. The van der Waals surface area contributed by atoms with Crippen LogP contribution in [0.25, 0.3) is 0 Å². The molecule has 0 radical (unpaired) electrons. The van der Waals surface area contributed by atoms with E-state index in [9.17, 15) is 0 Å². The van der Waals surface area contributed by atoms with Crippen molar-refractivity contribution in [3.8, 4) is 29.6 Å². The summed E-state index contributed by atoms with van der Waals surface area (Å²) in [5, 5.41) is 27.0. The van der Waals surface area contributed by atoms with Crippen LogP contribution in [-0.2, 0) is 0 Å². The summed E-state index contributed by atoms with van der Waals surface area (Å²) < 4.78 is 0. The Hall–Kier alpha value is -1.53. The molecule has 0 aliphatic heterocycles. The number of phenols is 3. The highest BCUT2D eigenvalue weighted by molar-refractivity contribution is 6.33. The molecule has 3 N–H and O–H groups in total. The van der Waals surface area contributed by atoms with Crippen molar-refractivity contribution < 1.29 is 15.3 Å². The van der Waals surface area contributed by atoms with Gasteiger partial charge >= 0.3 is 0 Å². The van der Waals surface area contributed by atoms with Gasteiger partial charge < -0.3 is 15.3 Å². The molecule has 62 valence electrons. The summed E-state index contributed by atoms with van der Waals surface area (Å²) in [5.41, 5.74) is -0.127. The average Bonchev–Trinajstić information content (AvgIpc) is 2.01. The molecule has 12 heavy (non-hydrogen) atoms. The molecule has 0 atom stereocenters. The van der Waals surface area contributed by atoms with Gasteiger partial charge in [-0.3, -0.25) is 0 Å². The van der Waals surface area contributed by atoms with E-state index in [2.05, 4.69) is 0 Å². The van der Waals surface area contributed by atoms with Gasteiger partial charge in [0.1, 0.15) is 22.1 Å². The molecule has 4 heteroatoms. The number of phenolic OH excluding ortho intramolecular Hbond substituents is 3. The third-order valence-electron chi connectivity index (χ3n) is 1.34. The molecule has 0 aliphatic rings. The Bertz CT molecular complexity index is 366. The zero-order valence-corrected chi connectivity index (χ0v) is 6.63. The average molecular weight is 185 g/mol. The van der Waals surface area contributed by atoms with Crippen LogP contribution in [0.15, 0.2) is 6.07 Å². The maximum absolute atomic E-state index is 9.16. The van der Waals surface area contributed by atoms with Crippen molar-refractivity contribution in [2.75, 3.05) is 0 Å². The van der Waals surface area contributed by atoms with Crippen LogP contribution < -0.4 is 0 Å². The largest absolute Gasteiger partial charge is 0.506 e. The van der Waals surface area contributed by atoms with Crippen molar-refractivity contribution in [3.63, 3.8) is 0 Å². The highest BCUT2D eigenvalue weighted by atomic mass is 35.5. The monoisotopic (exact) mass is 184 g/mol. The van der Waals surface area contributed by atoms with Gasteiger partial charge in [-0.25, -0.2) is 0 Å². The molecule has 0 saturated carbocycles. The van der Waals surface area contributed by atoms with E-state index >= 15 is 0 Å². The van der Waals surface area contributed by atoms with Crippen molar-refractivity contribution in [3.05, 3.63) is 16.7 Å². The summed E-state index contributed by atoms with van der Waals surface area (Å²) in [7, 11) is 0. The molecule has 0 aliphatic carbocycles. The molecular weight excluding hydrogens is 180 g/mol. The number of benzene rings is 1. The van der Waals surface area contributed by atoms with Gasteiger partial charge in [0.15, 0.2) is 5.75 Å². The minimum absolute atomic E-state index is 0.127. The molecule has 0 bridgehead atoms. The predicted octanol–water partition coefficient (Wildman–Crippen LogP) is 1.44. The highest BCUT2D eigenvalue weighted by Gasteiger charge is 2.13. The van der Waals surface area contributed by atoms with Crippen LogP contribution >= 0.6 is 11.6 Å². The van der Waals surface area contributed by atoms with Crippen molar-refractivity contribution in [1.82, 2.24) is 0 Å². The number of rotatable bonds is 0. The molecule has 0 heterocycles. The molecule has 1 rings (SSSR count). The number of halogens is 1. The van der Waals surface area contributed by atoms with Crippen LogP contribution in [0.5, 0.6) is 17.2 Å². The smallest absolute Gasteiger partial charge is 0.157 e. The standard InChI is InChI=1S/C8H5ClO3/c1-2-4-5(10)3-6(11)7(9)8(4)12/h1,3,10-12H. The van der Waals surface area contributed by atoms with E-state index in [1.54, 1.807) is 0 Å². The van der Waals surface area contributed by atoms with Crippen molar-refractivity contribution in [2.45, 2.75) is 0 Å². The first-order valence-corrected chi connectivity index (χ1v) is 3.35. The van der Waals surface area contributed by atoms with Gasteiger partial charge in [-0.1, -0.05) is 17.5 Å². The van der Waals surface area contributed by atoms with Gasteiger partial charge in [0.25, 0.3) is 0 Å². The predicted molar refractivity (Wildman–Crippen MR) is 44.4 cm³/mol. The fraction of sp³-hybridized carbons (Fsp3) is 0. The lowest BCUT2D eigenvalue weighted by Crippen LogP contribution is -1.80. The van der Waals surface area contributed by atoms with E-state index in [1.807, 2.05) is 5.92 Å². The van der Waals surface area contributed by atoms with Gasteiger partial charge in [0.05, 0.1) is 0 Å². The summed E-state index contributed by atoms with van der Waals surface area (Å²) in [6, 6.07) is 0.969. The second-order valence-electron chi connectivity index (χ2n) is 2.10. The number of hydrogen-bond donors (Lipinski definition) is 3. The van der Waals surface area contributed by atoms with Crippen LogP contribution in [0, 0.1) is 12.3 Å². The molecule has 0 saturated heterocycles. The van der Waals surface area contributed by atoms with Crippen molar-refractivity contribution >= 4 is 11.6 Å². The molecule has 0 spiro atoms. The summed E-state index contributed by atoms with van der Waals surface area (Å²) in [4.78, 5) is 0. The maximum atomic E-state index is 9.16. The number of hydrogen-bond acceptors (Lipinski definition) is 3. The molecule has 1 aromatic carbocycles. The highest BCUT2D eigenvalue weighted by Crippen LogP contribution is 2.40. The van der Waals surface area contributed by atoms with E-state index in [0.29, 0.717) is 0 Å². The first kappa shape index (κ1) is 8.57. The Kier molecular flexibility index (Phi) is 2.03. The summed E-state index contributed by atoms with van der Waals surface area (Å²) in [6.45, 7) is 0. The minimum Gasteiger partial charge on any atom is -0.506 e. The first-order valence-electron chi connectivity index (χ1n) is 2.98. The van der Waals surface area contributed by atoms with Gasteiger partial charge in [-0.2, -0.15) is 0 Å². The molecule has 3 nitrogen and oxygen atoms in total. The third-order valence-corrected chi connectivity index (χ3v) is 1.72. The summed E-state index contributed by atoms with van der Waals surface area (Å²) in [5.74, 6) is 0.758. The molecular formula is C8H5ClO3. The lowest BCUT2D eigenvalue weighted by molar-refractivity contribution is 0.426. The van der Waals surface area contributed by atoms with Crippen molar-refractivity contribution in [2.24, 2.45) is 0 Å². The fourth-order valence-corrected chi connectivity index (χ4v) is 0.909. The summed E-state index contributed by atoms with van der Waals surface area (Å²) >= 11 is 5.43. The normalized spacial score (nSPS) is 9.33. The molecule has 0 fully saturated rings. The van der Waals surface area contributed by atoms with Gasteiger partial charge in [0.2, 0.25) is 0 Å². The Morgan fingerprint density at radius 3 is 2.33 bits per heavy atom. The van der Waals surface area contributed by atoms with Crippen LogP contribution in [0.4, 0.5) is 0 Å². The minimum atomic E-state index is -0.489. The summed E-state index contributed by atoms with van der Waals surface area (Å²) in [6.07, 6.45) is 4.96. The quantitative estimate of drug-likeness (QED) is 0.535. The van der Waals surface area contributed by atoms with Crippen LogP contribution in [0.2, 0.25) is 5.02 Å². The lowest BCUT2D eigenvalue weighted by Gasteiger charge is -2.04. The first-order chi connectivity index (χ1) is 5.57. The van der Waals surface area contributed by atoms with Gasteiger partial charge in [-0.05, 0) is 0 Å². The van der Waals surface area contributed by atoms with Crippen LogP contribution in [0.3, 0.4) is 0 Å². The van der Waals surface area contributed by atoms with E-state index in [1.165, 1.54) is 0 Å². The van der Waals surface area contributed by atoms with E-state index in [0.717, 1.165) is 6.07 Å². The molecule has 0 aromatic heterocycles. The Morgan fingerprint density at radius 1 is 1.25 bits per heavy atom. The zero-order chi connectivity index (χ0) is 9.30. The van der Waals surface area contributed by atoms with Crippen molar-refractivity contribution in [1.29, 1.82) is 0 Å². The van der Waals surface area contributed by atoms with Gasteiger partial charge in [-0.15, -0.1) is 6.42 Å². The van der Waals surface area contributed by atoms with Gasteiger partial charge in [0, 0.05) is 6.07 Å². The third kappa shape index (κ3) is 1.13. The Morgan fingerprint density at radius 2 is 1.83 bits per heavy atom. The zero-order valence-electron chi connectivity index (χ0n) is 5.87. The van der Waals surface area contributed by atoms with Crippen LogP contribution in [-0.4, -0.2) is 15.3 Å². The maximum Gasteiger partial charge on any atom is 0.157 e. The molecule has 1 aromatic rings. The fourth-order valence-electron chi connectivity index (χ4n) is 0.760. The Labute approximate surface area is 73.8 Å². The van der Waals surface area contributed by atoms with E-state index in [-0.39, 0.29) is 16.3 Å². The molecule has 0 amide bonds. The topological polar surface area (TPSA) is 60.7 Å². The van der Waals surface area contributed by atoms with E-state index in [4.69, 9.17) is 33.3 Å². The Balaban J connectivity index is 3.54. The molecule has 0 unspecified atom stereocenters. The SMILES string of the molecule is C#Cc1c(O)cc(O)c(Cl)c1O. The number of aromatic hydroxyl groups is 3. The van der Waals surface area contributed by atoms with Crippen LogP contribution in [0.1, 0.15) is 5.56 Å². The number of terminal acetylenes is 1.